The van der Waals surface area contributed by atoms with Gasteiger partial charge in [0, 0.05) is 40.1 Å². The Labute approximate surface area is 258 Å². The van der Waals surface area contributed by atoms with Crippen molar-refractivity contribution in [3.63, 3.8) is 0 Å². The topological polar surface area (TPSA) is 122 Å². The van der Waals surface area contributed by atoms with E-state index in [4.69, 9.17) is 33.2 Å². The van der Waals surface area contributed by atoms with Crippen molar-refractivity contribution < 1.29 is 48.2 Å². The molecule has 0 aromatic heterocycles. The molecule has 3 rings (SSSR count). The van der Waals surface area contributed by atoms with Gasteiger partial charge >= 0.3 is 5.97 Å². The SMILES string of the molecule is CO[C@@H]1[C@H](OC)[C@@H](O[C@H]2C[C@H]3O[C@](O)(C2)C(C)C(=O)OC(/C=C/C=C/Br)CC(C)C=CCC(O)C3C)O[C@H](C)[C@H]1OC. The number of methoxy groups -OCH3 is 3. The van der Waals surface area contributed by atoms with Crippen LogP contribution in [0.1, 0.15) is 53.4 Å². The van der Waals surface area contributed by atoms with Crippen LogP contribution < -0.4 is 0 Å². The third-order valence-electron chi connectivity index (χ3n) is 8.69. The normalized spacial score (nSPS) is 44.3. The molecule has 240 valence electrons. The van der Waals surface area contributed by atoms with Gasteiger partial charge in [-0.3, -0.25) is 4.79 Å². The van der Waals surface area contributed by atoms with Crippen LogP contribution in [0.3, 0.4) is 0 Å². The second-order valence-electron chi connectivity index (χ2n) is 11.7. The summed E-state index contributed by atoms with van der Waals surface area (Å²) in [6.45, 7) is 7.38. The molecule has 13 atom stereocenters. The molecule has 0 radical (unpaired) electrons. The summed E-state index contributed by atoms with van der Waals surface area (Å²) in [6, 6.07) is 0. The quantitative estimate of drug-likeness (QED) is 0.235. The molecular weight excluding hydrogens is 612 g/mol. The summed E-state index contributed by atoms with van der Waals surface area (Å²) in [4.78, 5) is 15.2. The summed E-state index contributed by atoms with van der Waals surface area (Å²) in [6.07, 6.45) is 5.59. The molecule has 0 aromatic rings. The van der Waals surface area contributed by atoms with Crippen LogP contribution in [-0.2, 0) is 38.0 Å². The van der Waals surface area contributed by atoms with Crippen molar-refractivity contribution in [3.05, 3.63) is 35.4 Å². The molecule has 3 aliphatic heterocycles. The van der Waals surface area contributed by atoms with Gasteiger partial charge in [-0.05, 0) is 43.7 Å². The number of allylic oxidation sites excluding steroid dienone is 3. The van der Waals surface area contributed by atoms with E-state index in [2.05, 4.69) is 15.9 Å². The molecule has 0 saturated carbocycles. The van der Waals surface area contributed by atoms with E-state index >= 15 is 0 Å². The molecule has 0 aliphatic carbocycles. The van der Waals surface area contributed by atoms with Crippen LogP contribution in [0, 0.1) is 17.8 Å². The number of esters is 1. The maximum atomic E-state index is 13.5. The monoisotopic (exact) mass is 660 g/mol. The zero-order valence-electron chi connectivity index (χ0n) is 25.8. The Hall–Kier alpha value is -1.15. The van der Waals surface area contributed by atoms with Gasteiger partial charge in [0.15, 0.2) is 12.1 Å². The van der Waals surface area contributed by atoms with Crippen LogP contribution in [-0.4, -0.2) is 98.4 Å². The number of aliphatic hydroxyl groups is 2. The first-order valence-corrected chi connectivity index (χ1v) is 15.7. The van der Waals surface area contributed by atoms with Gasteiger partial charge in [0.2, 0.25) is 0 Å². The summed E-state index contributed by atoms with van der Waals surface area (Å²) in [5, 5.41) is 23.0. The van der Waals surface area contributed by atoms with E-state index < -0.39 is 60.6 Å². The smallest absolute Gasteiger partial charge is 0.314 e. The minimum absolute atomic E-state index is 0.0122. The molecule has 0 aromatic carbocycles. The summed E-state index contributed by atoms with van der Waals surface area (Å²) in [5.74, 6) is -3.81. The molecule has 42 heavy (non-hydrogen) atoms. The highest BCUT2D eigenvalue weighted by molar-refractivity contribution is 9.11. The third kappa shape index (κ3) is 8.73. The summed E-state index contributed by atoms with van der Waals surface area (Å²) < 4.78 is 41.9. The number of carbonyl (C=O) groups excluding carboxylic acids is 1. The number of aliphatic hydroxyl groups excluding tert-OH is 1. The number of hydrogen-bond donors (Lipinski definition) is 2. The van der Waals surface area contributed by atoms with Crippen LogP contribution >= 0.6 is 15.9 Å². The van der Waals surface area contributed by atoms with Gasteiger partial charge < -0.3 is 43.4 Å². The van der Waals surface area contributed by atoms with E-state index in [9.17, 15) is 15.0 Å². The van der Waals surface area contributed by atoms with Gasteiger partial charge in [0.05, 0.1) is 24.4 Å². The Kier molecular flexibility index (Phi) is 13.7. The van der Waals surface area contributed by atoms with Gasteiger partial charge in [-0.15, -0.1) is 0 Å². The predicted octanol–water partition coefficient (Wildman–Crippen LogP) is 4.02. The molecule has 0 amide bonds. The number of rotatable bonds is 7. The second-order valence-corrected chi connectivity index (χ2v) is 12.2. The number of ether oxygens (including phenoxy) is 7. The fourth-order valence-corrected chi connectivity index (χ4v) is 6.21. The maximum absolute atomic E-state index is 13.5. The van der Waals surface area contributed by atoms with Crippen LogP contribution in [0.15, 0.2) is 35.4 Å². The zero-order valence-corrected chi connectivity index (χ0v) is 27.3. The first-order valence-electron chi connectivity index (χ1n) is 14.8. The van der Waals surface area contributed by atoms with Crippen molar-refractivity contribution in [2.24, 2.45) is 17.8 Å². The average molecular weight is 662 g/mol. The minimum atomic E-state index is -1.91. The largest absolute Gasteiger partial charge is 0.458 e. The Morgan fingerprint density at radius 1 is 1.02 bits per heavy atom. The van der Waals surface area contributed by atoms with Crippen LogP contribution in [0.2, 0.25) is 0 Å². The van der Waals surface area contributed by atoms with Crippen molar-refractivity contribution in [2.45, 2.75) is 114 Å². The van der Waals surface area contributed by atoms with Crippen molar-refractivity contribution in [1.29, 1.82) is 0 Å². The highest BCUT2D eigenvalue weighted by atomic mass is 79.9. The minimum Gasteiger partial charge on any atom is -0.458 e. The molecule has 11 heteroatoms. The summed E-state index contributed by atoms with van der Waals surface area (Å²) >= 11 is 3.24. The molecule has 3 aliphatic rings. The van der Waals surface area contributed by atoms with Gasteiger partial charge in [0.25, 0.3) is 0 Å². The molecule has 2 saturated heterocycles. The Morgan fingerprint density at radius 3 is 2.36 bits per heavy atom. The molecule has 10 nitrogen and oxygen atoms in total. The first kappa shape index (κ1) is 35.3. The molecule has 2 N–H and O–H groups in total. The Balaban J connectivity index is 1.92. The van der Waals surface area contributed by atoms with Gasteiger partial charge in [-0.25, -0.2) is 0 Å². The summed E-state index contributed by atoms with van der Waals surface area (Å²) in [7, 11) is 4.73. The lowest BCUT2D eigenvalue weighted by Crippen LogP contribution is -2.61. The fourth-order valence-electron chi connectivity index (χ4n) is 6.03. The molecular formula is C31H49BrO10. The highest BCUT2D eigenvalue weighted by Crippen LogP contribution is 2.40. The average Bonchev–Trinajstić information content (AvgIpc) is 2.95. The fraction of sp³-hybridized carbons (Fsp3) is 0.774. The Morgan fingerprint density at radius 2 is 1.71 bits per heavy atom. The zero-order chi connectivity index (χ0) is 31.0. The van der Waals surface area contributed by atoms with E-state index in [-0.39, 0.29) is 30.5 Å². The van der Waals surface area contributed by atoms with Gasteiger partial charge in [-0.2, -0.15) is 0 Å². The standard InChI is InChI=1S/C31H49BrO10/c1-18-11-10-13-24(33)19(2)25-16-23(41-30-28(38-7)27(37-6)26(36-5)21(4)39-30)17-31(35,42-25)20(3)29(34)40-22(15-18)12-8-9-14-32/h8-12,14,18-28,30,33,35H,13,15-17H2,1-7H3/b11-10?,12-8+,14-9+/t18?,19?,20?,21-,22?,23+,24?,25-,26-,27+,28+,30-,31-/m1/s1. The lowest BCUT2D eigenvalue weighted by molar-refractivity contribution is -0.348. The van der Waals surface area contributed by atoms with Crippen LogP contribution in [0.25, 0.3) is 0 Å². The van der Waals surface area contributed by atoms with Crippen molar-refractivity contribution in [3.8, 4) is 0 Å². The second kappa shape index (κ2) is 16.2. The van der Waals surface area contributed by atoms with E-state index in [0.717, 1.165) is 0 Å². The predicted molar refractivity (Wildman–Crippen MR) is 160 cm³/mol. The van der Waals surface area contributed by atoms with E-state index in [1.54, 1.807) is 45.4 Å². The lowest BCUT2D eigenvalue weighted by atomic mass is 9.83. The number of cyclic esters (lactones) is 1. The summed E-state index contributed by atoms with van der Waals surface area (Å²) in [5.41, 5.74) is 0. The van der Waals surface area contributed by atoms with E-state index in [1.165, 1.54) is 0 Å². The number of carbonyl (C=O) groups is 1. The lowest BCUT2D eigenvalue weighted by Gasteiger charge is -2.48. The third-order valence-corrected chi connectivity index (χ3v) is 8.99. The van der Waals surface area contributed by atoms with Crippen LogP contribution in [0.5, 0.6) is 0 Å². The molecule has 3 heterocycles. The van der Waals surface area contributed by atoms with E-state index in [1.807, 2.05) is 39.0 Å². The Bertz CT molecular complexity index is 943. The van der Waals surface area contributed by atoms with Crippen molar-refractivity contribution in [1.82, 2.24) is 0 Å². The maximum Gasteiger partial charge on any atom is 0.314 e. The molecule has 5 unspecified atom stereocenters. The molecule has 0 spiro atoms. The molecule has 2 bridgehead atoms. The van der Waals surface area contributed by atoms with Gasteiger partial charge in [-0.1, -0.05) is 54.1 Å². The first-order chi connectivity index (χ1) is 20.0. The number of halogens is 1. The van der Waals surface area contributed by atoms with Gasteiger partial charge in [0.1, 0.15) is 30.3 Å². The number of fused-ring (bicyclic) bond motifs is 2. The number of hydrogen-bond acceptors (Lipinski definition) is 10. The van der Waals surface area contributed by atoms with Crippen molar-refractivity contribution >= 4 is 21.9 Å². The van der Waals surface area contributed by atoms with E-state index in [0.29, 0.717) is 19.3 Å². The highest BCUT2D eigenvalue weighted by Gasteiger charge is 2.52. The van der Waals surface area contributed by atoms with Crippen LogP contribution in [0.4, 0.5) is 0 Å². The van der Waals surface area contributed by atoms with Crippen molar-refractivity contribution in [2.75, 3.05) is 21.3 Å². The molecule has 2 fully saturated rings.